The fraction of sp³-hybridized carbons (Fsp3) is 0.650. The van der Waals surface area contributed by atoms with Crippen LogP contribution in [0.25, 0.3) is 0 Å². The van der Waals surface area contributed by atoms with E-state index in [9.17, 15) is 10.4 Å². The van der Waals surface area contributed by atoms with Crippen LogP contribution in [0.4, 0.5) is 0 Å². The summed E-state index contributed by atoms with van der Waals surface area (Å²) in [6.45, 7) is 2.16. The van der Waals surface area contributed by atoms with Gasteiger partial charge in [-0.1, -0.05) is 13.0 Å². The Morgan fingerprint density at radius 2 is 2.09 bits per heavy atom. The minimum atomic E-state index is -1.12. The van der Waals surface area contributed by atoms with Crippen molar-refractivity contribution in [3.63, 3.8) is 0 Å². The molecular formula is C20H25NO2. The number of aryl methyl sites for hydroxylation is 1. The topological polar surface area (TPSA) is 53.2 Å². The number of rotatable bonds is 1. The highest BCUT2D eigenvalue weighted by atomic mass is 16.5. The van der Waals surface area contributed by atoms with Gasteiger partial charge in [-0.25, -0.2) is 0 Å². The molecule has 0 bridgehead atoms. The van der Waals surface area contributed by atoms with Crippen molar-refractivity contribution in [3.05, 3.63) is 29.3 Å². The molecule has 0 unspecified atom stereocenters. The summed E-state index contributed by atoms with van der Waals surface area (Å²) in [4.78, 5) is 0. The molecule has 1 N–H and O–H groups in total. The Kier molecular flexibility index (Phi) is 3.25. The Morgan fingerprint density at radius 3 is 2.83 bits per heavy atom. The van der Waals surface area contributed by atoms with Gasteiger partial charge in [-0.2, -0.15) is 5.26 Å². The predicted octanol–water partition coefficient (Wildman–Crippen LogP) is 3.81. The Morgan fingerprint density at radius 1 is 1.26 bits per heavy atom. The summed E-state index contributed by atoms with van der Waals surface area (Å²) in [6.07, 6.45) is 5.93. The highest BCUT2D eigenvalue weighted by Crippen LogP contribution is 2.64. The molecule has 0 aliphatic heterocycles. The minimum Gasteiger partial charge on any atom is -0.497 e. The van der Waals surface area contributed by atoms with E-state index >= 15 is 0 Å². The third-order valence-corrected chi connectivity index (χ3v) is 7.27. The van der Waals surface area contributed by atoms with E-state index in [0.717, 1.165) is 31.4 Å². The number of benzene rings is 1. The van der Waals surface area contributed by atoms with Gasteiger partial charge >= 0.3 is 0 Å². The van der Waals surface area contributed by atoms with E-state index in [-0.39, 0.29) is 5.41 Å². The number of aliphatic hydroxyl groups is 1. The molecular weight excluding hydrogens is 286 g/mol. The summed E-state index contributed by atoms with van der Waals surface area (Å²) < 4.78 is 5.37. The van der Waals surface area contributed by atoms with Gasteiger partial charge in [-0.05, 0) is 79.5 Å². The first-order valence-corrected chi connectivity index (χ1v) is 8.83. The second-order valence-electron chi connectivity index (χ2n) is 7.95. The van der Waals surface area contributed by atoms with Gasteiger partial charge in [0.05, 0.1) is 13.2 Å². The smallest absolute Gasteiger partial charge is 0.156 e. The summed E-state index contributed by atoms with van der Waals surface area (Å²) in [5.74, 6) is 2.62. The van der Waals surface area contributed by atoms with Crippen LogP contribution in [0.1, 0.15) is 56.1 Å². The van der Waals surface area contributed by atoms with Crippen LogP contribution in [0, 0.1) is 28.6 Å². The van der Waals surface area contributed by atoms with E-state index in [4.69, 9.17) is 4.74 Å². The zero-order valence-corrected chi connectivity index (χ0v) is 14.0. The summed E-state index contributed by atoms with van der Waals surface area (Å²) in [5, 5.41) is 20.4. The minimum absolute atomic E-state index is 0.229. The molecule has 1 aromatic rings. The van der Waals surface area contributed by atoms with Crippen LogP contribution in [0.15, 0.2) is 18.2 Å². The first-order valence-electron chi connectivity index (χ1n) is 8.83. The lowest BCUT2D eigenvalue weighted by molar-refractivity contribution is -0.0660. The number of fused-ring (bicyclic) bond motifs is 5. The Hall–Kier alpha value is -1.53. The summed E-state index contributed by atoms with van der Waals surface area (Å²) >= 11 is 0. The van der Waals surface area contributed by atoms with Crippen LogP contribution in [-0.4, -0.2) is 17.8 Å². The van der Waals surface area contributed by atoms with Crippen LogP contribution < -0.4 is 4.74 Å². The van der Waals surface area contributed by atoms with E-state index in [1.165, 1.54) is 17.5 Å². The van der Waals surface area contributed by atoms with Gasteiger partial charge < -0.3 is 9.84 Å². The van der Waals surface area contributed by atoms with Crippen molar-refractivity contribution in [2.45, 2.75) is 57.0 Å². The summed E-state index contributed by atoms with van der Waals surface area (Å²) in [5.41, 5.74) is 1.56. The monoisotopic (exact) mass is 311 g/mol. The summed E-state index contributed by atoms with van der Waals surface area (Å²) in [7, 11) is 1.72. The first-order chi connectivity index (χ1) is 11.0. The highest BCUT2D eigenvalue weighted by molar-refractivity contribution is 5.41. The molecule has 3 aliphatic carbocycles. The van der Waals surface area contributed by atoms with Gasteiger partial charge in [0, 0.05) is 5.41 Å². The standard InChI is InChI=1S/C20H25NO2/c1-19-9-7-16-15-6-4-14(23-2)11-13(15)3-5-17(16)18(19)8-10-20(19,22)12-21/h4,6,11,16-18,22H,3,5,7-10H2,1-2H3/t16-,17+,18+,19-,20+/m1/s1. The molecule has 3 heteroatoms. The number of methoxy groups -OCH3 is 1. The van der Waals surface area contributed by atoms with Crippen LogP contribution in [-0.2, 0) is 6.42 Å². The number of hydrogen-bond acceptors (Lipinski definition) is 3. The molecule has 122 valence electrons. The van der Waals surface area contributed by atoms with E-state index in [0.29, 0.717) is 24.2 Å². The van der Waals surface area contributed by atoms with Gasteiger partial charge in [0.25, 0.3) is 0 Å². The molecule has 2 saturated carbocycles. The van der Waals surface area contributed by atoms with Crippen molar-refractivity contribution in [1.29, 1.82) is 5.26 Å². The van der Waals surface area contributed by atoms with Crippen molar-refractivity contribution >= 4 is 0 Å². The van der Waals surface area contributed by atoms with Crippen LogP contribution in [0.5, 0.6) is 5.75 Å². The molecule has 0 amide bonds. The zero-order valence-electron chi connectivity index (χ0n) is 14.0. The molecule has 4 rings (SSSR count). The molecule has 23 heavy (non-hydrogen) atoms. The molecule has 0 aromatic heterocycles. The first kappa shape index (κ1) is 15.0. The number of ether oxygens (including phenoxy) is 1. The normalized spacial score (nSPS) is 41.4. The van der Waals surface area contributed by atoms with Gasteiger partial charge in [-0.15, -0.1) is 0 Å². The molecule has 0 saturated heterocycles. The van der Waals surface area contributed by atoms with Gasteiger partial charge in [-0.3, -0.25) is 0 Å². The van der Waals surface area contributed by atoms with Crippen LogP contribution >= 0.6 is 0 Å². The third-order valence-electron chi connectivity index (χ3n) is 7.27. The lowest BCUT2D eigenvalue weighted by Gasteiger charge is -2.51. The Balaban J connectivity index is 1.70. The van der Waals surface area contributed by atoms with E-state index < -0.39 is 5.60 Å². The second kappa shape index (κ2) is 4.98. The second-order valence-corrected chi connectivity index (χ2v) is 7.95. The number of nitriles is 1. The van der Waals surface area contributed by atoms with Crippen molar-refractivity contribution in [3.8, 4) is 11.8 Å². The lowest BCUT2D eigenvalue weighted by Crippen LogP contribution is -2.50. The largest absolute Gasteiger partial charge is 0.497 e. The highest BCUT2D eigenvalue weighted by Gasteiger charge is 2.62. The van der Waals surface area contributed by atoms with Gasteiger partial charge in [0.15, 0.2) is 5.60 Å². The lowest BCUT2D eigenvalue weighted by atomic mass is 9.53. The molecule has 5 atom stereocenters. The Bertz CT molecular complexity index is 679. The molecule has 0 spiro atoms. The number of nitrogens with zero attached hydrogens (tertiary/aromatic N) is 1. The average Bonchev–Trinajstić information content (AvgIpc) is 2.86. The number of hydrogen-bond donors (Lipinski definition) is 1. The quantitative estimate of drug-likeness (QED) is 0.802. The van der Waals surface area contributed by atoms with E-state index in [2.05, 4.69) is 31.2 Å². The maximum Gasteiger partial charge on any atom is 0.156 e. The third kappa shape index (κ3) is 1.91. The fourth-order valence-corrected chi connectivity index (χ4v) is 5.89. The SMILES string of the molecule is COc1ccc2c(c1)CC[C@H]1[C@@H]2CC[C@]2(C)[C@H]1CC[C@]2(O)C#N. The van der Waals surface area contributed by atoms with Crippen molar-refractivity contribution in [1.82, 2.24) is 0 Å². The maximum atomic E-state index is 10.8. The van der Waals surface area contributed by atoms with Crippen LogP contribution in [0.2, 0.25) is 0 Å². The van der Waals surface area contributed by atoms with E-state index in [1.54, 1.807) is 7.11 Å². The van der Waals surface area contributed by atoms with Gasteiger partial charge in [0.1, 0.15) is 5.75 Å². The molecule has 0 radical (unpaired) electrons. The molecule has 3 nitrogen and oxygen atoms in total. The predicted molar refractivity (Wildman–Crippen MR) is 88.2 cm³/mol. The molecule has 0 heterocycles. The van der Waals surface area contributed by atoms with Gasteiger partial charge in [0.2, 0.25) is 0 Å². The average molecular weight is 311 g/mol. The van der Waals surface area contributed by atoms with Crippen LogP contribution in [0.3, 0.4) is 0 Å². The molecule has 3 aliphatic rings. The van der Waals surface area contributed by atoms with Crippen molar-refractivity contribution < 1.29 is 9.84 Å². The Labute approximate surface area is 138 Å². The van der Waals surface area contributed by atoms with Crippen molar-refractivity contribution in [2.24, 2.45) is 17.3 Å². The molecule has 2 fully saturated rings. The zero-order chi connectivity index (χ0) is 16.2. The fourth-order valence-electron chi connectivity index (χ4n) is 5.89. The van der Waals surface area contributed by atoms with E-state index in [1.807, 2.05) is 0 Å². The maximum absolute atomic E-state index is 10.8. The summed E-state index contributed by atoms with van der Waals surface area (Å²) in [6, 6.07) is 8.77. The van der Waals surface area contributed by atoms with Crippen molar-refractivity contribution in [2.75, 3.05) is 7.11 Å². The molecule has 1 aromatic carbocycles.